The molecule has 28 heavy (non-hydrogen) atoms. The summed E-state index contributed by atoms with van der Waals surface area (Å²) < 4.78 is 5.54. The number of hydrogen-bond acceptors (Lipinski definition) is 4. The molecule has 1 fully saturated rings. The van der Waals surface area contributed by atoms with Crippen LogP contribution in [0.25, 0.3) is 0 Å². The van der Waals surface area contributed by atoms with Crippen LogP contribution in [0.4, 0.5) is 5.69 Å². The second kappa shape index (κ2) is 7.37. The van der Waals surface area contributed by atoms with Crippen LogP contribution in [0.5, 0.6) is 0 Å². The maximum atomic E-state index is 12.7. The highest BCUT2D eigenvalue weighted by atomic mass is 35.5. The van der Waals surface area contributed by atoms with Gasteiger partial charge in [0.05, 0.1) is 23.8 Å². The third-order valence-electron chi connectivity index (χ3n) is 5.16. The van der Waals surface area contributed by atoms with Crippen molar-refractivity contribution in [3.05, 3.63) is 63.7 Å². The molecule has 0 radical (unpaired) electrons. The van der Waals surface area contributed by atoms with Gasteiger partial charge in [0.25, 0.3) is 17.7 Å². The smallest absolute Gasteiger partial charge is 0.261 e. The van der Waals surface area contributed by atoms with E-state index in [0.29, 0.717) is 28.4 Å². The monoisotopic (exact) mass is 398 g/mol. The largest absolute Gasteiger partial charge is 0.376 e. The molecule has 0 aliphatic carbocycles. The Labute approximate surface area is 167 Å². The molecule has 1 saturated heterocycles. The molecule has 0 spiro atoms. The molecule has 2 aliphatic rings. The molecular weight excluding hydrogens is 380 g/mol. The van der Waals surface area contributed by atoms with Gasteiger partial charge in [-0.15, -0.1) is 0 Å². The highest BCUT2D eigenvalue weighted by Crippen LogP contribution is 2.27. The first kappa shape index (κ1) is 18.7. The lowest BCUT2D eigenvalue weighted by Crippen LogP contribution is -2.36. The van der Waals surface area contributed by atoms with Crippen LogP contribution in [0.2, 0.25) is 5.02 Å². The minimum absolute atomic E-state index is 0.115. The molecule has 2 aromatic carbocycles. The summed E-state index contributed by atoms with van der Waals surface area (Å²) in [7, 11) is 0. The molecule has 7 heteroatoms. The van der Waals surface area contributed by atoms with E-state index >= 15 is 0 Å². The van der Waals surface area contributed by atoms with Crippen LogP contribution >= 0.6 is 11.6 Å². The SMILES string of the molecule is Cc1c(Cl)cccc1NC(=O)c1ccc2c(c1)C(=O)N(C[C@@H]1CCCO1)C2=O. The second-order valence-corrected chi connectivity index (χ2v) is 7.39. The fraction of sp³-hybridized carbons (Fsp3) is 0.286. The zero-order chi connectivity index (χ0) is 19.8. The Balaban J connectivity index is 1.55. The van der Waals surface area contributed by atoms with Crippen molar-refractivity contribution in [3.8, 4) is 0 Å². The molecule has 0 aromatic heterocycles. The predicted octanol–water partition coefficient (Wildman–Crippen LogP) is 3.68. The lowest BCUT2D eigenvalue weighted by Gasteiger charge is -2.17. The lowest BCUT2D eigenvalue weighted by atomic mass is 10.0. The molecule has 2 heterocycles. The minimum atomic E-state index is -0.385. The standard InChI is InChI=1S/C21H19ClN2O4/c1-12-17(22)5-2-6-18(12)23-19(25)13-7-8-15-16(10-13)21(27)24(20(15)26)11-14-4-3-9-28-14/h2,5-8,10,14H,3-4,9,11H2,1H3,(H,23,25)/t14-/m0/s1. The number of amides is 3. The number of rotatable bonds is 4. The van der Waals surface area contributed by atoms with Crippen molar-refractivity contribution in [2.75, 3.05) is 18.5 Å². The van der Waals surface area contributed by atoms with E-state index in [1.165, 1.54) is 17.0 Å². The highest BCUT2D eigenvalue weighted by molar-refractivity contribution is 6.31. The van der Waals surface area contributed by atoms with Crippen LogP contribution in [-0.2, 0) is 4.74 Å². The van der Waals surface area contributed by atoms with Crippen molar-refractivity contribution in [3.63, 3.8) is 0 Å². The number of hydrogen-bond donors (Lipinski definition) is 1. The van der Waals surface area contributed by atoms with Gasteiger partial charge in [-0.3, -0.25) is 19.3 Å². The zero-order valence-electron chi connectivity index (χ0n) is 15.3. The molecule has 0 unspecified atom stereocenters. The normalized spacial score (nSPS) is 18.5. The van der Waals surface area contributed by atoms with E-state index in [1.54, 1.807) is 24.3 Å². The molecule has 2 aliphatic heterocycles. The predicted molar refractivity (Wildman–Crippen MR) is 105 cm³/mol. The van der Waals surface area contributed by atoms with Gasteiger partial charge in [0.1, 0.15) is 0 Å². The molecule has 144 valence electrons. The Morgan fingerprint density at radius 2 is 2.00 bits per heavy atom. The van der Waals surface area contributed by atoms with E-state index in [-0.39, 0.29) is 35.9 Å². The summed E-state index contributed by atoms with van der Waals surface area (Å²) in [4.78, 5) is 39.2. The number of nitrogens with one attached hydrogen (secondary N) is 1. The van der Waals surface area contributed by atoms with Crippen LogP contribution in [-0.4, -0.2) is 41.9 Å². The molecule has 3 amide bonds. The number of carbonyl (C=O) groups is 3. The van der Waals surface area contributed by atoms with Gasteiger partial charge in [0, 0.05) is 22.9 Å². The van der Waals surface area contributed by atoms with Crippen molar-refractivity contribution >= 4 is 35.0 Å². The summed E-state index contributed by atoms with van der Waals surface area (Å²) in [5.41, 5.74) is 2.23. The Hall–Kier alpha value is -2.70. The van der Waals surface area contributed by atoms with Crippen molar-refractivity contribution in [1.29, 1.82) is 0 Å². The van der Waals surface area contributed by atoms with E-state index in [2.05, 4.69) is 5.32 Å². The zero-order valence-corrected chi connectivity index (χ0v) is 16.1. The van der Waals surface area contributed by atoms with Crippen molar-refractivity contribution in [2.45, 2.75) is 25.9 Å². The van der Waals surface area contributed by atoms with Gasteiger partial charge in [-0.1, -0.05) is 17.7 Å². The van der Waals surface area contributed by atoms with Gasteiger partial charge in [-0.05, 0) is 55.7 Å². The van der Waals surface area contributed by atoms with Crippen molar-refractivity contribution in [2.24, 2.45) is 0 Å². The second-order valence-electron chi connectivity index (χ2n) is 6.98. The maximum Gasteiger partial charge on any atom is 0.261 e. The number of nitrogens with zero attached hydrogens (tertiary/aromatic N) is 1. The maximum absolute atomic E-state index is 12.7. The van der Waals surface area contributed by atoms with Crippen LogP contribution in [0, 0.1) is 6.92 Å². The van der Waals surface area contributed by atoms with Crippen molar-refractivity contribution < 1.29 is 19.1 Å². The van der Waals surface area contributed by atoms with Crippen LogP contribution in [0.15, 0.2) is 36.4 Å². The van der Waals surface area contributed by atoms with Gasteiger partial charge in [-0.2, -0.15) is 0 Å². The van der Waals surface area contributed by atoms with Gasteiger partial charge in [0.15, 0.2) is 0 Å². The number of halogens is 1. The molecule has 1 atom stereocenters. The summed E-state index contributed by atoms with van der Waals surface area (Å²) in [6.07, 6.45) is 1.65. The number of fused-ring (bicyclic) bond motifs is 1. The van der Waals surface area contributed by atoms with E-state index in [9.17, 15) is 14.4 Å². The fourth-order valence-corrected chi connectivity index (χ4v) is 3.70. The minimum Gasteiger partial charge on any atom is -0.376 e. The summed E-state index contributed by atoms with van der Waals surface area (Å²) in [5, 5.41) is 3.35. The van der Waals surface area contributed by atoms with E-state index in [0.717, 1.165) is 18.4 Å². The molecule has 4 rings (SSSR count). The number of anilines is 1. The first-order chi connectivity index (χ1) is 13.5. The van der Waals surface area contributed by atoms with Gasteiger partial charge in [-0.25, -0.2) is 0 Å². The topological polar surface area (TPSA) is 75.7 Å². The van der Waals surface area contributed by atoms with Gasteiger partial charge >= 0.3 is 0 Å². The van der Waals surface area contributed by atoms with Gasteiger partial charge in [0.2, 0.25) is 0 Å². The Bertz CT molecular complexity index is 982. The van der Waals surface area contributed by atoms with E-state index in [1.807, 2.05) is 6.92 Å². The van der Waals surface area contributed by atoms with Crippen molar-refractivity contribution in [1.82, 2.24) is 4.90 Å². The fourth-order valence-electron chi connectivity index (χ4n) is 3.53. The first-order valence-electron chi connectivity index (χ1n) is 9.14. The molecule has 2 aromatic rings. The third kappa shape index (κ3) is 3.30. The number of ether oxygens (including phenoxy) is 1. The molecule has 0 saturated carbocycles. The van der Waals surface area contributed by atoms with Gasteiger partial charge < -0.3 is 10.1 Å². The van der Waals surface area contributed by atoms with E-state index < -0.39 is 0 Å². The summed E-state index contributed by atoms with van der Waals surface area (Å²) in [6.45, 7) is 2.71. The van der Waals surface area contributed by atoms with E-state index in [4.69, 9.17) is 16.3 Å². The Morgan fingerprint density at radius 1 is 1.21 bits per heavy atom. The molecule has 1 N–H and O–H groups in total. The Kier molecular flexibility index (Phi) is 4.91. The Morgan fingerprint density at radius 3 is 2.75 bits per heavy atom. The summed E-state index contributed by atoms with van der Waals surface area (Å²) in [6, 6.07) is 9.80. The molecule has 6 nitrogen and oxygen atoms in total. The number of imide groups is 1. The average molecular weight is 399 g/mol. The van der Waals surface area contributed by atoms with Crippen LogP contribution in [0.3, 0.4) is 0 Å². The third-order valence-corrected chi connectivity index (χ3v) is 5.57. The average Bonchev–Trinajstić information content (AvgIpc) is 3.28. The summed E-state index contributed by atoms with van der Waals surface area (Å²) >= 11 is 6.09. The number of carbonyl (C=O) groups excluding carboxylic acids is 3. The summed E-state index contributed by atoms with van der Waals surface area (Å²) in [5.74, 6) is -1.09. The lowest BCUT2D eigenvalue weighted by molar-refractivity contribution is 0.0475. The number of benzene rings is 2. The molecular formula is C21H19ClN2O4. The quantitative estimate of drug-likeness (QED) is 0.797. The first-order valence-corrected chi connectivity index (χ1v) is 9.52. The highest BCUT2D eigenvalue weighted by Gasteiger charge is 2.37. The van der Waals surface area contributed by atoms with Crippen LogP contribution in [0.1, 0.15) is 49.5 Å². The van der Waals surface area contributed by atoms with Crippen LogP contribution < -0.4 is 5.32 Å². The molecule has 0 bridgehead atoms.